The van der Waals surface area contributed by atoms with Crippen LogP contribution in [0.1, 0.15) is 22.0 Å². The summed E-state index contributed by atoms with van der Waals surface area (Å²) in [6.07, 6.45) is 1.57. The van der Waals surface area contributed by atoms with Crippen LogP contribution in [0.4, 0.5) is 0 Å². The monoisotopic (exact) mass is 285 g/mol. The quantitative estimate of drug-likeness (QED) is 0.799. The SMILES string of the molecule is Cc1ccc(-c2cc(C(=O)NCc3ccco3)n(C)n2)o1. The predicted octanol–water partition coefficient (Wildman–Crippen LogP) is 2.51. The summed E-state index contributed by atoms with van der Waals surface area (Å²) in [5, 5.41) is 7.09. The van der Waals surface area contributed by atoms with Gasteiger partial charge in [0, 0.05) is 13.1 Å². The first-order valence-electron chi connectivity index (χ1n) is 6.55. The van der Waals surface area contributed by atoms with E-state index in [-0.39, 0.29) is 5.91 Å². The zero-order valence-electron chi connectivity index (χ0n) is 11.8. The average molecular weight is 285 g/mol. The zero-order chi connectivity index (χ0) is 14.8. The minimum atomic E-state index is -0.212. The van der Waals surface area contributed by atoms with Gasteiger partial charge in [-0.2, -0.15) is 5.10 Å². The fraction of sp³-hybridized carbons (Fsp3) is 0.200. The van der Waals surface area contributed by atoms with E-state index in [1.54, 1.807) is 31.5 Å². The molecule has 0 saturated carbocycles. The van der Waals surface area contributed by atoms with E-state index >= 15 is 0 Å². The lowest BCUT2D eigenvalue weighted by molar-refractivity contribution is 0.0938. The van der Waals surface area contributed by atoms with E-state index < -0.39 is 0 Å². The molecule has 3 aromatic heterocycles. The van der Waals surface area contributed by atoms with Crippen molar-refractivity contribution < 1.29 is 13.6 Å². The first-order chi connectivity index (χ1) is 10.1. The van der Waals surface area contributed by atoms with Gasteiger partial charge in [0.15, 0.2) is 5.76 Å². The second-order valence-corrected chi connectivity index (χ2v) is 4.71. The molecule has 6 heteroatoms. The van der Waals surface area contributed by atoms with Crippen LogP contribution >= 0.6 is 0 Å². The Kier molecular flexibility index (Phi) is 3.35. The number of aromatic nitrogens is 2. The van der Waals surface area contributed by atoms with Gasteiger partial charge in [-0.15, -0.1) is 0 Å². The van der Waals surface area contributed by atoms with Crippen LogP contribution in [-0.4, -0.2) is 15.7 Å². The normalized spacial score (nSPS) is 10.8. The third-order valence-electron chi connectivity index (χ3n) is 3.11. The van der Waals surface area contributed by atoms with E-state index in [0.29, 0.717) is 29.5 Å². The Morgan fingerprint density at radius 1 is 1.38 bits per heavy atom. The molecule has 1 amide bonds. The highest BCUT2D eigenvalue weighted by Crippen LogP contribution is 2.21. The standard InChI is InChI=1S/C15H15N3O3/c1-10-5-6-14(21-10)12-8-13(18(2)17-12)15(19)16-9-11-4-3-7-20-11/h3-8H,9H2,1-2H3,(H,16,19). The molecular weight excluding hydrogens is 270 g/mol. The molecular formula is C15H15N3O3. The molecule has 21 heavy (non-hydrogen) atoms. The van der Waals surface area contributed by atoms with Crippen LogP contribution in [-0.2, 0) is 13.6 Å². The number of nitrogens with zero attached hydrogens (tertiary/aromatic N) is 2. The molecule has 0 aliphatic rings. The Labute approximate surface area is 121 Å². The summed E-state index contributed by atoms with van der Waals surface area (Å²) in [6.45, 7) is 2.20. The lowest BCUT2D eigenvalue weighted by Gasteiger charge is -2.02. The largest absolute Gasteiger partial charge is 0.467 e. The van der Waals surface area contributed by atoms with Crippen molar-refractivity contribution in [1.82, 2.24) is 15.1 Å². The van der Waals surface area contributed by atoms with Crippen LogP contribution in [0, 0.1) is 6.92 Å². The van der Waals surface area contributed by atoms with Crippen molar-refractivity contribution in [3.8, 4) is 11.5 Å². The second kappa shape index (κ2) is 5.32. The summed E-state index contributed by atoms with van der Waals surface area (Å²) >= 11 is 0. The van der Waals surface area contributed by atoms with Gasteiger partial charge in [-0.3, -0.25) is 9.48 Å². The second-order valence-electron chi connectivity index (χ2n) is 4.71. The fourth-order valence-corrected chi connectivity index (χ4v) is 2.04. The van der Waals surface area contributed by atoms with Gasteiger partial charge in [-0.1, -0.05) is 0 Å². The number of furan rings is 2. The first kappa shape index (κ1) is 13.2. The van der Waals surface area contributed by atoms with Crippen molar-refractivity contribution in [2.45, 2.75) is 13.5 Å². The molecule has 0 aliphatic heterocycles. The minimum Gasteiger partial charge on any atom is -0.467 e. The first-order valence-corrected chi connectivity index (χ1v) is 6.55. The molecule has 0 fully saturated rings. The Balaban J connectivity index is 1.76. The number of hydrogen-bond donors (Lipinski definition) is 1. The minimum absolute atomic E-state index is 0.212. The van der Waals surface area contributed by atoms with Gasteiger partial charge in [0.1, 0.15) is 22.9 Å². The smallest absolute Gasteiger partial charge is 0.269 e. The molecule has 0 aromatic carbocycles. The van der Waals surface area contributed by atoms with Crippen molar-refractivity contribution in [2.24, 2.45) is 7.05 Å². The van der Waals surface area contributed by atoms with Crippen LogP contribution in [0.25, 0.3) is 11.5 Å². The third kappa shape index (κ3) is 2.74. The zero-order valence-corrected chi connectivity index (χ0v) is 11.8. The Morgan fingerprint density at radius 2 is 2.24 bits per heavy atom. The summed E-state index contributed by atoms with van der Waals surface area (Å²) in [7, 11) is 1.72. The molecule has 1 N–H and O–H groups in total. The van der Waals surface area contributed by atoms with E-state index in [0.717, 1.165) is 5.76 Å². The lowest BCUT2D eigenvalue weighted by Crippen LogP contribution is -2.24. The van der Waals surface area contributed by atoms with Crippen molar-refractivity contribution in [1.29, 1.82) is 0 Å². The van der Waals surface area contributed by atoms with Crippen LogP contribution in [0.15, 0.2) is 45.4 Å². The molecule has 0 atom stereocenters. The number of hydrogen-bond acceptors (Lipinski definition) is 4. The number of nitrogens with one attached hydrogen (secondary N) is 1. The summed E-state index contributed by atoms with van der Waals surface area (Å²) in [5.74, 6) is 1.94. The van der Waals surface area contributed by atoms with Gasteiger partial charge < -0.3 is 14.2 Å². The van der Waals surface area contributed by atoms with Gasteiger partial charge in [-0.25, -0.2) is 0 Å². The van der Waals surface area contributed by atoms with E-state index in [1.165, 1.54) is 4.68 Å². The van der Waals surface area contributed by atoms with Gasteiger partial charge in [0.25, 0.3) is 5.91 Å². The topological polar surface area (TPSA) is 73.2 Å². The van der Waals surface area contributed by atoms with Gasteiger partial charge >= 0.3 is 0 Å². The average Bonchev–Trinajstić information content (AvgIpc) is 3.16. The highest BCUT2D eigenvalue weighted by Gasteiger charge is 2.16. The lowest BCUT2D eigenvalue weighted by atomic mass is 10.3. The van der Waals surface area contributed by atoms with Gasteiger partial charge in [-0.05, 0) is 31.2 Å². The van der Waals surface area contributed by atoms with Gasteiger partial charge in [0.05, 0.1) is 12.8 Å². The highest BCUT2D eigenvalue weighted by atomic mass is 16.3. The number of amides is 1. The van der Waals surface area contributed by atoms with E-state index in [9.17, 15) is 4.79 Å². The van der Waals surface area contributed by atoms with Crippen molar-refractivity contribution in [2.75, 3.05) is 0 Å². The Bertz CT molecular complexity index is 753. The van der Waals surface area contributed by atoms with Crippen molar-refractivity contribution in [3.63, 3.8) is 0 Å². The Morgan fingerprint density at radius 3 is 2.90 bits per heavy atom. The molecule has 0 spiro atoms. The molecule has 6 nitrogen and oxygen atoms in total. The van der Waals surface area contributed by atoms with E-state index in [2.05, 4.69) is 10.4 Å². The predicted molar refractivity (Wildman–Crippen MR) is 75.5 cm³/mol. The third-order valence-corrected chi connectivity index (χ3v) is 3.11. The number of carbonyl (C=O) groups excluding carboxylic acids is 1. The number of carbonyl (C=O) groups is 1. The molecule has 0 saturated heterocycles. The molecule has 0 radical (unpaired) electrons. The molecule has 3 rings (SSSR count). The van der Waals surface area contributed by atoms with Crippen LogP contribution in [0.2, 0.25) is 0 Å². The summed E-state index contributed by atoms with van der Waals surface area (Å²) < 4.78 is 12.2. The maximum absolute atomic E-state index is 12.2. The van der Waals surface area contributed by atoms with Gasteiger partial charge in [0.2, 0.25) is 0 Å². The highest BCUT2D eigenvalue weighted by molar-refractivity contribution is 5.93. The maximum Gasteiger partial charge on any atom is 0.269 e. The van der Waals surface area contributed by atoms with Crippen molar-refractivity contribution in [3.05, 3.63) is 53.8 Å². The van der Waals surface area contributed by atoms with E-state index in [1.807, 2.05) is 19.1 Å². The van der Waals surface area contributed by atoms with Crippen LogP contribution in [0.3, 0.4) is 0 Å². The molecule has 3 aromatic rings. The Hall–Kier alpha value is -2.76. The van der Waals surface area contributed by atoms with Crippen molar-refractivity contribution >= 4 is 5.91 Å². The van der Waals surface area contributed by atoms with Crippen LogP contribution in [0.5, 0.6) is 0 Å². The number of aryl methyl sites for hydroxylation is 2. The molecule has 108 valence electrons. The summed E-state index contributed by atoms with van der Waals surface area (Å²) in [6, 6.07) is 8.99. The molecule has 3 heterocycles. The maximum atomic E-state index is 12.2. The molecule has 0 aliphatic carbocycles. The number of rotatable bonds is 4. The molecule has 0 bridgehead atoms. The molecule has 0 unspecified atom stereocenters. The fourth-order valence-electron chi connectivity index (χ4n) is 2.04. The summed E-state index contributed by atoms with van der Waals surface area (Å²) in [5.41, 5.74) is 1.10. The van der Waals surface area contributed by atoms with Crippen LogP contribution < -0.4 is 5.32 Å². The van der Waals surface area contributed by atoms with E-state index in [4.69, 9.17) is 8.83 Å². The summed E-state index contributed by atoms with van der Waals surface area (Å²) in [4.78, 5) is 12.2.